The van der Waals surface area contributed by atoms with E-state index in [0.29, 0.717) is 29.8 Å². The van der Waals surface area contributed by atoms with Gasteiger partial charge in [0, 0.05) is 18.0 Å². The third kappa shape index (κ3) is 3.71. The molecule has 0 aromatic rings. The highest BCUT2D eigenvalue weighted by molar-refractivity contribution is 5.85. The number of nitrogens with one attached hydrogen (secondary N) is 1. The fraction of sp³-hybridized carbons (Fsp3) is 0.947. The third-order valence-corrected chi connectivity index (χ3v) is 7.21. The van der Waals surface area contributed by atoms with Crippen LogP contribution in [0.1, 0.15) is 70.6 Å². The maximum Gasteiger partial charge on any atom is 0.223 e. The first kappa shape index (κ1) is 17.5. The molecule has 4 saturated carbocycles. The average Bonchev–Trinajstić information content (AvgIpc) is 3.27. The van der Waals surface area contributed by atoms with Gasteiger partial charge in [-0.05, 0) is 55.8 Å². The van der Waals surface area contributed by atoms with Crippen LogP contribution in [0.2, 0.25) is 0 Å². The van der Waals surface area contributed by atoms with Crippen LogP contribution in [0.25, 0.3) is 0 Å². The van der Waals surface area contributed by atoms with Gasteiger partial charge in [-0.1, -0.05) is 38.5 Å². The van der Waals surface area contributed by atoms with Crippen LogP contribution in [0.4, 0.5) is 0 Å². The van der Waals surface area contributed by atoms with E-state index in [2.05, 4.69) is 5.32 Å². The first-order chi connectivity index (χ1) is 10.7. The number of hydrogen-bond acceptors (Lipinski definition) is 2. The molecule has 4 heteroatoms. The molecule has 3 nitrogen and oxygen atoms in total. The zero-order chi connectivity index (χ0) is 15.1. The average molecular weight is 341 g/mol. The van der Waals surface area contributed by atoms with E-state index < -0.39 is 0 Å². The summed E-state index contributed by atoms with van der Waals surface area (Å²) in [5.41, 5.74) is 6.35. The van der Waals surface area contributed by atoms with Gasteiger partial charge in [0.15, 0.2) is 0 Å². The number of halogens is 1. The van der Waals surface area contributed by atoms with Crippen molar-refractivity contribution in [2.45, 2.75) is 82.7 Å². The predicted molar refractivity (Wildman–Crippen MR) is 95.4 cm³/mol. The Kier molecular flexibility index (Phi) is 5.57. The number of fused-ring (bicyclic) bond motifs is 2. The molecule has 2 bridgehead atoms. The summed E-state index contributed by atoms with van der Waals surface area (Å²) in [7, 11) is 0. The zero-order valence-corrected chi connectivity index (χ0v) is 15.0. The Morgan fingerprint density at radius 3 is 2.09 bits per heavy atom. The van der Waals surface area contributed by atoms with Gasteiger partial charge in [-0.25, -0.2) is 0 Å². The van der Waals surface area contributed by atoms with Gasteiger partial charge in [0.25, 0.3) is 0 Å². The molecule has 0 aromatic carbocycles. The summed E-state index contributed by atoms with van der Waals surface area (Å²) in [5, 5.41) is 3.40. The van der Waals surface area contributed by atoms with Crippen molar-refractivity contribution in [3.63, 3.8) is 0 Å². The topological polar surface area (TPSA) is 55.1 Å². The second kappa shape index (κ2) is 7.31. The second-order valence-electron chi connectivity index (χ2n) is 8.61. The molecular weight excluding hydrogens is 308 g/mol. The number of hydrogen-bond donors (Lipinski definition) is 2. The van der Waals surface area contributed by atoms with Gasteiger partial charge in [-0.3, -0.25) is 4.79 Å². The van der Waals surface area contributed by atoms with Crippen molar-refractivity contribution in [2.75, 3.05) is 0 Å². The number of rotatable bonds is 3. The maximum absolute atomic E-state index is 12.7. The van der Waals surface area contributed by atoms with Gasteiger partial charge < -0.3 is 11.1 Å². The molecule has 0 spiro atoms. The maximum atomic E-state index is 12.7. The summed E-state index contributed by atoms with van der Waals surface area (Å²) in [6.07, 6.45) is 14.2. The summed E-state index contributed by atoms with van der Waals surface area (Å²) < 4.78 is 0. The molecule has 0 radical (unpaired) electrons. The highest BCUT2D eigenvalue weighted by atomic mass is 35.5. The van der Waals surface area contributed by atoms with Crippen molar-refractivity contribution >= 4 is 18.3 Å². The van der Waals surface area contributed by atoms with Gasteiger partial charge >= 0.3 is 0 Å². The van der Waals surface area contributed by atoms with Crippen LogP contribution in [0.3, 0.4) is 0 Å². The van der Waals surface area contributed by atoms with Crippen molar-refractivity contribution in [3.8, 4) is 0 Å². The minimum atomic E-state index is 0. The van der Waals surface area contributed by atoms with Crippen LogP contribution in [0, 0.1) is 29.6 Å². The molecule has 3 N–H and O–H groups in total. The Bertz CT molecular complexity index is 410. The SMILES string of the molecule is Cl.NC1C2CCCC1CC(C(=O)NC1CC1C1CCCCC1)C2. The fourth-order valence-electron chi connectivity index (χ4n) is 5.77. The van der Waals surface area contributed by atoms with Gasteiger partial charge in [0.05, 0.1) is 0 Å². The Morgan fingerprint density at radius 1 is 0.826 bits per heavy atom. The predicted octanol–water partition coefficient (Wildman–Crippen LogP) is 3.65. The van der Waals surface area contributed by atoms with E-state index in [1.165, 1.54) is 57.8 Å². The minimum absolute atomic E-state index is 0. The van der Waals surface area contributed by atoms with E-state index >= 15 is 0 Å². The smallest absolute Gasteiger partial charge is 0.223 e. The van der Waals surface area contributed by atoms with Crippen LogP contribution in [0.15, 0.2) is 0 Å². The summed E-state index contributed by atoms with van der Waals surface area (Å²) in [4.78, 5) is 12.7. The van der Waals surface area contributed by atoms with Gasteiger partial charge in [0.1, 0.15) is 0 Å². The summed E-state index contributed by atoms with van der Waals surface area (Å²) in [5.74, 6) is 3.52. The molecule has 0 saturated heterocycles. The van der Waals surface area contributed by atoms with Gasteiger partial charge in [0.2, 0.25) is 5.91 Å². The number of carbonyl (C=O) groups excluding carboxylic acids is 1. The highest BCUT2D eigenvalue weighted by Gasteiger charge is 2.46. The third-order valence-electron chi connectivity index (χ3n) is 7.21. The van der Waals surface area contributed by atoms with E-state index in [4.69, 9.17) is 5.73 Å². The molecule has 132 valence electrons. The van der Waals surface area contributed by atoms with Crippen LogP contribution in [-0.2, 0) is 4.79 Å². The van der Waals surface area contributed by atoms with Crippen molar-refractivity contribution in [3.05, 3.63) is 0 Å². The number of amides is 1. The van der Waals surface area contributed by atoms with Crippen LogP contribution >= 0.6 is 12.4 Å². The highest BCUT2D eigenvalue weighted by Crippen LogP contribution is 2.45. The van der Waals surface area contributed by atoms with Crippen molar-refractivity contribution in [1.82, 2.24) is 5.32 Å². The molecular formula is C19H33ClN2O. The Labute approximate surface area is 146 Å². The molecule has 4 aliphatic rings. The lowest BCUT2D eigenvalue weighted by molar-refractivity contribution is -0.128. The second-order valence-corrected chi connectivity index (χ2v) is 8.61. The molecule has 4 atom stereocenters. The molecule has 23 heavy (non-hydrogen) atoms. The Balaban J connectivity index is 0.00000156. The molecule has 4 rings (SSSR count). The quantitative estimate of drug-likeness (QED) is 0.824. The number of carbonyl (C=O) groups is 1. The minimum Gasteiger partial charge on any atom is -0.353 e. The Hall–Kier alpha value is -0.280. The van der Waals surface area contributed by atoms with Crippen LogP contribution in [-0.4, -0.2) is 18.0 Å². The first-order valence-electron chi connectivity index (χ1n) is 9.78. The number of nitrogens with two attached hydrogens (primary N) is 1. The summed E-state index contributed by atoms with van der Waals surface area (Å²) in [6.45, 7) is 0. The lowest BCUT2D eigenvalue weighted by Crippen LogP contribution is -2.49. The van der Waals surface area contributed by atoms with Crippen molar-refractivity contribution < 1.29 is 4.79 Å². The monoisotopic (exact) mass is 340 g/mol. The molecule has 0 heterocycles. The standard InChI is InChI=1S/C19H32N2O.ClH/c20-18-13-7-4-8-14(18)10-15(9-13)19(22)21-17-11-16(17)12-5-2-1-3-6-12;/h12-18H,1-11,20H2,(H,21,22);1H. The van der Waals surface area contributed by atoms with E-state index in [0.717, 1.165) is 24.7 Å². The van der Waals surface area contributed by atoms with E-state index in [9.17, 15) is 4.79 Å². The van der Waals surface area contributed by atoms with E-state index in [1.807, 2.05) is 0 Å². The van der Waals surface area contributed by atoms with Gasteiger partial charge in [-0.15, -0.1) is 12.4 Å². The van der Waals surface area contributed by atoms with Crippen LogP contribution in [0.5, 0.6) is 0 Å². The van der Waals surface area contributed by atoms with Crippen molar-refractivity contribution in [1.29, 1.82) is 0 Å². The summed E-state index contributed by atoms with van der Waals surface area (Å²) >= 11 is 0. The zero-order valence-electron chi connectivity index (χ0n) is 14.2. The van der Waals surface area contributed by atoms with Crippen molar-refractivity contribution in [2.24, 2.45) is 35.3 Å². The molecule has 4 fully saturated rings. The normalized spacial score (nSPS) is 43.3. The Morgan fingerprint density at radius 2 is 1.43 bits per heavy atom. The first-order valence-corrected chi connectivity index (χ1v) is 9.78. The van der Waals surface area contributed by atoms with Crippen LogP contribution < -0.4 is 11.1 Å². The van der Waals surface area contributed by atoms with E-state index in [-0.39, 0.29) is 18.3 Å². The molecule has 4 unspecified atom stereocenters. The molecule has 0 aliphatic heterocycles. The molecule has 4 aliphatic carbocycles. The molecule has 0 aromatic heterocycles. The van der Waals surface area contributed by atoms with Gasteiger partial charge in [-0.2, -0.15) is 0 Å². The lowest BCUT2D eigenvalue weighted by atomic mass is 9.65. The lowest BCUT2D eigenvalue weighted by Gasteiger charge is -2.43. The largest absolute Gasteiger partial charge is 0.353 e. The molecule has 1 amide bonds. The summed E-state index contributed by atoms with van der Waals surface area (Å²) in [6, 6.07) is 0.875. The fourth-order valence-corrected chi connectivity index (χ4v) is 5.77. The van der Waals surface area contributed by atoms with E-state index in [1.54, 1.807) is 0 Å².